The third-order valence-electron chi connectivity index (χ3n) is 2.62. The maximum absolute atomic E-state index is 10.1. The zero-order valence-electron chi connectivity index (χ0n) is 8.08. The second-order valence-corrected chi connectivity index (χ2v) is 4.21. The molecular weight excluding hydrogens is 152 g/mol. The smallest absolute Gasteiger partial charge is 0.0686 e. The minimum Gasteiger partial charge on any atom is -0.390 e. The lowest BCUT2D eigenvalue weighted by Gasteiger charge is -2.37. The van der Waals surface area contributed by atoms with Gasteiger partial charge in [0.15, 0.2) is 0 Å². The van der Waals surface area contributed by atoms with Crippen molar-refractivity contribution in [3.8, 4) is 0 Å². The molecule has 0 bridgehead atoms. The largest absolute Gasteiger partial charge is 0.390 e. The Morgan fingerprint density at radius 2 is 2.00 bits per heavy atom. The quantitative estimate of drug-likeness (QED) is 0.625. The van der Waals surface area contributed by atoms with Crippen molar-refractivity contribution < 1.29 is 5.11 Å². The molecule has 1 unspecified atom stereocenters. The Morgan fingerprint density at radius 1 is 1.50 bits per heavy atom. The molecule has 0 aromatic heterocycles. The number of hydrogen-bond acceptors (Lipinski definition) is 3. The van der Waals surface area contributed by atoms with Gasteiger partial charge in [-0.3, -0.25) is 0 Å². The number of rotatable bonds is 2. The first kappa shape index (κ1) is 9.96. The first-order valence-electron chi connectivity index (χ1n) is 4.68. The van der Waals surface area contributed by atoms with Crippen LogP contribution >= 0.6 is 0 Å². The standard InChI is InChI=1S/C9H20N2O/c1-8(10)7-9(12)3-5-11(2)6-4-9/h8,12H,3-7,10H2,1-2H3. The molecule has 72 valence electrons. The number of nitrogens with zero attached hydrogens (tertiary/aromatic N) is 1. The molecule has 1 aliphatic rings. The summed E-state index contributed by atoms with van der Waals surface area (Å²) in [6.07, 6.45) is 2.47. The van der Waals surface area contributed by atoms with Crippen LogP contribution in [0.4, 0.5) is 0 Å². The van der Waals surface area contributed by atoms with Crippen molar-refractivity contribution in [2.24, 2.45) is 5.73 Å². The average Bonchev–Trinajstić information content (AvgIpc) is 1.94. The van der Waals surface area contributed by atoms with Crippen molar-refractivity contribution in [1.82, 2.24) is 4.90 Å². The Labute approximate surface area is 74.5 Å². The van der Waals surface area contributed by atoms with Crippen molar-refractivity contribution in [1.29, 1.82) is 0 Å². The Hall–Kier alpha value is -0.120. The fraction of sp³-hybridized carbons (Fsp3) is 1.00. The summed E-state index contributed by atoms with van der Waals surface area (Å²) in [5.41, 5.74) is 5.18. The van der Waals surface area contributed by atoms with Gasteiger partial charge in [0.1, 0.15) is 0 Å². The van der Waals surface area contributed by atoms with Gasteiger partial charge in [-0.2, -0.15) is 0 Å². The van der Waals surface area contributed by atoms with Crippen LogP contribution < -0.4 is 5.73 Å². The molecule has 1 atom stereocenters. The minimum absolute atomic E-state index is 0.110. The van der Waals surface area contributed by atoms with Gasteiger partial charge in [0, 0.05) is 19.1 Å². The van der Waals surface area contributed by atoms with E-state index in [1.807, 2.05) is 6.92 Å². The van der Waals surface area contributed by atoms with Gasteiger partial charge in [-0.25, -0.2) is 0 Å². The molecule has 3 heteroatoms. The second kappa shape index (κ2) is 3.73. The van der Waals surface area contributed by atoms with E-state index >= 15 is 0 Å². The topological polar surface area (TPSA) is 49.5 Å². The highest BCUT2D eigenvalue weighted by molar-refractivity contribution is 4.86. The lowest BCUT2D eigenvalue weighted by atomic mass is 9.86. The minimum atomic E-state index is -0.485. The van der Waals surface area contributed by atoms with Crippen LogP contribution in [0.15, 0.2) is 0 Å². The lowest BCUT2D eigenvalue weighted by molar-refractivity contribution is -0.0258. The van der Waals surface area contributed by atoms with Gasteiger partial charge in [-0.15, -0.1) is 0 Å². The fourth-order valence-electron chi connectivity index (χ4n) is 1.84. The zero-order chi connectivity index (χ0) is 9.19. The molecule has 1 fully saturated rings. The molecule has 1 heterocycles. The van der Waals surface area contributed by atoms with Crippen LogP contribution in [0.3, 0.4) is 0 Å². The number of aliphatic hydroxyl groups is 1. The molecular formula is C9H20N2O. The Morgan fingerprint density at radius 3 is 2.42 bits per heavy atom. The van der Waals surface area contributed by atoms with E-state index < -0.39 is 5.60 Å². The summed E-state index contributed by atoms with van der Waals surface area (Å²) in [7, 11) is 2.09. The van der Waals surface area contributed by atoms with Crippen molar-refractivity contribution in [2.75, 3.05) is 20.1 Å². The molecule has 0 radical (unpaired) electrons. The number of piperidine rings is 1. The average molecular weight is 172 g/mol. The first-order chi connectivity index (χ1) is 5.52. The number of likely N-dealkylation sites (tertiary alicyclic amines) is 1. The highest BCUT2D eigenvalue weighted by atomic mass is 16.3. The molecule has 0 amide bonds. The highest BCUT2D eigenvalue weighted by Gasteiger charge is 2.31. The zero-order valence-corrected chi connectivity index (χ0v) is 8.08. The summed E-state index contributed by atoms with van der Waals surface area (Å²) < 4.78 is 0. The number of hydrogen-bond donors (Lipinski definition) is 2. The lowest BCUT2D eigenvalue weighted by Crippen LogP contribution is -2.45. The molecule has 0 aromatic carbocycles. The Balaban J connectivity index is 2.39. The van der Waals surface area contributed by atoms with E-state index in [9.17, 15) is 5.11 Å². The summed E-state index contributed by atoms with van der Waals surface area (Å²) in [4.78, 5) is 2.25. The van der Waals surface area contributed by atoms with Gasteiger partial charge < -0.3 is 15.7 Å². The van der Waals surface area contributed by atoms with Crippen LogP contribution in [0.5, 0.6) is 0 Å². The third-order valence-corrected chi connectivity index (χ3v) is 2.62. The van der Waals surface area contributed by atoms with E-state index in [2.05, 4.69) is 11.9 Å². The van der Waals surface area contributed by atoms with Crippen molar-refractivity contribution in [3.63, 3.8) is 0 Å². The van der Waals surface area contributed by atoms with Crippen LogP contribution in [0.25, 0.3) is 0 Å². The summed E-state index contributed by atoms with van der Waals surface area (Å²) in [5, 5.41) is 10.1. The molecule has 12 heavy (non-hydrogen) atoms. The predicted molar refractivity (Wildman–Crippen MR) is 49.9 cm³/mol. The monoisotopic (exact) mass is 172 g/mol. The van der Waals surface area contributed by atoms with Gasteiger partial charge in [0.2, 0.25) is 0 Å². The first-order valence-corrected chi connectivity index (χ1v) is 4.68. The molecule has 1 aliphatic heterocycles. The van der Waals surface area contributed by atoms with Crippen LogP contribution in [0, 0.1) is 0 Å². The Kier molecular flexibility index (Phi) is 3.09. The number of nitrogens with two attached hydrogens (primary N) is 1. The normalized spacial score (nSPS) is 27.0. The third kappa shape index (κ3) is 2.73. The second-order valence-electron chi connectivity index (χ2n) is 4.21. The highest BCUT2D eigenvalue weighted by Crippen LogP contribution is 2.25. The van der Waals surface area contributed by atoms with Gasteiger partial charge >= 0.3 is 0 Å². The summed E-state index contributed by atoms with van der Waals surface area (Å²) in [6.45, 7) is 3.93. The van der Waals surface area contributed by atoms with Crippen LogP contribution in [0.1, 0.15) is 26.2 Å². The summed E-state index contributed by atoms with van der Waals surface area (Å²) in [6, 6.07) is 0.110. The van der Waals surface area contributed by atoms with E-state index in [1.165, 1.54) is 0 Å². The van der Waals surface area contributed by atoms with E-state index in [-0.39, 0.29) is 6.04 Å². The molecule has 3 nitrogen and oxygen atoms in total. The fourth-order valence-corrected chi connectivity index (χ4v) is 1.84. The van der Waals surface area contributed by atoms with Gasteiger partial charge in [0.25, 0.3) is 0 Å². The summed E-state index contributed by atoms with van der Waals surface area (Å²) >= 11 is 0. The van der Waals surface area contributed by atoms with Gasteiger partial charge in [-0.1, -0.05) is 0 Å². The van der Waals surface area contributed by atoms with Gasteiger partial charge in [-0.05, 0) is 33.2 Å². The SMILES string of the molecule is CC(N)CC1(O)CCN(C)CC1. The van der Waals surface area contributed by atoms with E-state index in [1.54, 1.807) is 0 Å². The molecule has 0 aromatic rings. The van der Waals surface area contributed by atoms with E-state index in [4.69, 9.17) is 5.73 Å². The molecule has 0 aliphatic carbocycles. The predicted octanol–water partition coefficient (Wildman–Crippen LogP) is 0.180. The van der Waals surface area contributed by atoms with Crippen LogP contribution in [0.2, 0.25) is 0 Å². The summed E-state index contributed by atoms with van der Waals surface area (Å²) in [5.74, 6) is 0. The van der Waals surface area contributed by atoms with Crippen molar-refractivity contribution >= 4 is 0 Å². The molecule has 3 N–H and O–H groups in total. The molecule has 0 spiro atoms. The Bertz CT molecular complexity index is 139. The van der Waals surface area contributed by atoms with E-state index in [0.717, 1.165) is 32.4 Å². The van der Waals surface area contributed by atoms with Crippen molar-refractivity contribution in [2.45, 2.75) is 37.8 Å². The maximum Gasteiger partial charge on any atom is 0.0686 e. The van der Waals surface area contributed by atoms with Crippen LogP contribution in [-0.2, 0) is 0 Å². The maximum atomic E-state index is 10.1. The van der Waals surface area contributed by atoms with Crippen molar-refractivity contribution in [3.05, 3.63) is 0 Å². The molecule has 0 saturated carbocycles. The molecule has 1 rings (SSSR count). The van der Waals surface area contributed by atoms with Gasteiger partial charge in [0.05, 0.1) is 5.60 Å². The van der Waals surface area contributed by atoms with Crippen LogP contribution in [-0.4, -0.2) is 41.8 Å². The molecule has 1 saturated heterocycles. The van der Waals surface area contributed by atoms with E-state index in [0.29, 0.717) is 0 Å².